The minimum absolute atomic E-state index is 0. The van der Waals surface area contributed by atoms with Crippen LogP contribution in [0.15, 0.2) is 54.6 Å². The number of hydrogen-bond donors (Lipinski definition) is 0. The number of carbonyl (C=O) groups is 1. The number of hydrogen-bond acceptors (Lipinski definition) is 6. The quantitative estimate of drug-likeness (QED) is 0.451. The fourth-order valence-corrected chi connectivity index (χ4v) is 4.56. The summed E-state index contributed by atoms with van der Waals surface area (Å²) in [7, 11) is 1.65. The van der Waals surface area contributed by atoms with Gasteiger partial charge in [-0.05, 0) is 36.3 Å². The van der Waals surface area contributed by atoms with Crippen LogP contribution in [0, 0.1) is 0 Å². The molecular weight excluding hydrogens is 446 g/mol. The Bertz CT molecular complexity index is 1040. The highest BCUT2D eigenvalue weighted by atomic mass is 35.5. The van der Waals surface area contributed by atoms with Crippen molar-refractivity contribution in [2.75, 3.05) is 51.4 Å². The summed E-state index contributed by atoms with van der Waals surface area (Å²) in [5.41, 5.74) is 1.87. The summed E-state index contributed by atoms with van der Waals surface area (Å²) in [5.74, 6) is 0.730. The molecule has 0 atom stereocenters. The molecule has 1 aliphatic rings. The summed E-state index contributed by atoms with van der Waals surface area (Å²) in [5, 5.41) is 0.716. The maximum atomic E-state index is 13.1. The maximum absolute atomic E-state index is 13.1. The SMILES string of the molecule is COc1ccc2nc(N(CCCN3CCOCC3)C(=O)/C=C/c3ccccc3)sc2c1.Cl. The summed E-state index contributed by atoms with van der Waals surface area (Å²) in [6.07, 6.45) is 4.37. The van der Waals surface area contributed by atoms with Crippen LogP contribution in [-0.4, -0.2) is 62.3 Å². The number of thiazole rings is 1. The molecule has 170 valence electrons. The molecule has 1 saturated heterocycles. The molecule has 1 aromatic heterocycles. The van der Waals surface area contributed by atoms with Crippen LogP contribution in [0.5, 0.6) is 5.75 Å². The molecule has 0 saturated carbocycles. The van der Waals surface area contributed by atoms with Crippen molar-refractivity contribution in [2.45, 2.75) is 6.42 Å². The van der Waals surface area contributed by atoms with Gasteiger partial charge in [-0.2, -0.15) is 0 Å². The molecular formula is C24H28ClN3O3S. The number of anilines is 1. The average Bonchev–Trinajstić information content (AvgIpc) is 3.24. The number of ether oxygens (including phenoxy) is 2. The Balaban J connectivity index is 0.00000289. The summed E-state index contributed by atoms with van der Waals surface area (Å²) < 4.78 is 11.8. The fraction of sp³-hybridized carbons (Fsp3) is 0.333. The van der Waals surface area contributed by atoms with Gasteiger partial charge in [-0.25, -0.2) is 4.98 Å². The molecule has 2 heterocycles. The number of amides is 1. The van der Waals surface area contributed by atoms with Crippen molar-refractivity contribution >= 4 is 51.1 Å². The lowest BCUT2D eigenvalue weighted by molar-refractivity contribution is -0.114. The first kappa shape index (κ1) is 24.2. The van der Waals surface area contributed by atoms with Gasteiger partial charge in [0.15, 0.2) is 5.13 Å². The van der Waals surface area contributed by atoms with Crippen molar-refractivity contribution in [1.82, 2.24) is 9.88 Å². The Morgan fingerprint density at radius 3 is 2.75 bits per heavy atom. The first-order valence-electron chi connectivity index (χ1n) is 10.5. The van der Waals surface area contributed by atoms with E-state index in [9.17, 15) is 4.79 Å². The third kappa shape index (κ3) is 6.29. The van der Waals surface area contributed by atoms with Gasteiger partial charge in [-0.3, -0.25) is 14.6 Å². The minimum atomic E-state index is -0.0585. The largest absolute Gasteiger partial charge is 0.497 e. The fourth-order valence-electron chi connectivity index (χ4n) is 3.53. The Morgan fingerprint density at radius 2 is 2.00 bits per heavy atom. The van der Waals surface area contributed by atoms with Crippen LogP contribution in [0.3, 0.4) is 0 Å². The third-order valence-corrected chi connectivity index (χ3v) is 6.30. The summed E-state index contributed by atoms with van der Waals surface area (Å²) in [6.45, 7) is 5.01. The highest BCUT2D eigenvalue weighted by molar-refractivity contribution is 7.22. The second-order valence-electron chi connectivity index (χ2n) is 7.37. The van der Waals surface area contributed by atoms with Gasteiger partial charge in [0.2, 0.25) is 0 Å². The molecule has 0 N–H and O–H groups in total. The van der Waals surface area contributed by atoms with Crippen molar-refractivity contribution in [3.05, 3.63) is 60.2 Å². The van der Waals surface area contributed by atoms with E-state index < -0.39 is 0 Å². The lowest BCUT2D eigenvalue weighted by Gasteiger charge is -2.27. The van der Waals surface area contributed by atoms with Crippen molar-refractivity contribution in [2.24, 2.45) is 0 Å². The number of morpholine rings is 1. The number of nitrogens with zero attached hydrogens (tertiary/aromatic N) is 3. The van der Waals surface area contributed by atoms with Crippen LogP contribution < -0.4 is 9.64 Å². The van der Waals surface area contributed by atoms with Crippen LogP contribution in [0.1, 0.15) is 12.0 Å². The molecule has 6 nitrogen and oxygen atoms in total. The van der Waals surface area contributed by atoms with Gasteiger partial charge >= 0.3 is 0 Å². The molecule has 1 fully saturated rings. The maximum Gasteiger partial charge on any atom is 0.252 e. The van der Waals surface area contributed by atoms with E-state index in [1.807, 2.05) is 54.6 Å². The topological polar surface area (TPSA) is 54.9 Å². The Hall–Kier alpha value is -2.45. The molecule has 2 aromatic carbocycles. The average molecular weight is 474 g/mol. The predicted molar refractivity (Wildman–Crippen MR) is 133 cm³/mol. The molecule has 1 aliphatic heterocycles. The van der Waals surface area contributed by atoms with Gasteiger partial charge in [0.05, 0.1) is 30.5 Å². The molecule has 3 aromatic rings. The van der Waals surface area contributed by atoms with E-state index in [1.165, 1.54) is 11.3 Å². The van der Waals surface area contributed by atoms with Crippen LogP contribution in [-0.2, 0) is 9.53 Å². The smallest absolute Gasteiger partial charge is 0.252 e. The Morgan fingerprint density at radius 1 is 1.22 bits per heavy atom. The van der Waals surface area contributed by atoms with Gasteiger partial charge in [0, 0.05) is 32.3 Å². The molecule has 0 unspecified atom stereocenters. The molecule has 32 heavy (non-hydrogen) atoms. The number of methoxy groups -OCH3 is 1. The van der Waals surface area contributed by atoms with Gasteiger partial charge in [-0.15, -0.1) is 12.4 Å². The van der Waals surface area contributed by atoms with Gasteiger partial charge < -0.3 is 9.47 Å². The predicted octanol–water partition coefficient (Wildman–Crippen LogP) is 4.50. The summed E-state index contributed by atoms with van der Waals surface area (Å²) in [6, 6.07) is 15.7. The van der Waals surface area contributed by atoms with E-state index in [0.717, 1.165) is 60.8 Å². The van der Waals surface area contributed by atoms with Gasteiger partial charge in [0.25, 0.3) is 5.91 Å². The zero-order valence-electron chi connectivity index (χ0n) is 18.1. The van der Waals surface area contributed by atoms with Gasteiger partial charge in [-0.1, -0.05) is 41.7 Å². The van der Waals surface area contributed by atoms with Crippen LogP contribution >= 0.6 is 23.7 Å². The molecule has 0 radical (unpaired) electrons. The van der Waals surface area contributed by atoms with Crippen LogP contribution in [0.25, 0.3) is 16.3 Å². The van der Waals surface area contributed by atoms with Crippen LogP contribution in [0.2, 0.25) is 0 Å². The zero-order valence-corrected chi connectivity index (χ0v) is 19.7. The lowest BCUT2D eigenvalue weighted by atomic mass is 10.2. The second-order valence-corrected chi connectivity index (χ2v) is 8.38. The van der Waals surface area contributed by atoms with Crippen molar-refractivity contribution in [1.29, 1.82) is 0 Å². The summed E-state index contributed by atoms with van der Waals surface area (Å²) in [4.78, 5) is 22.0. The van der Waals surface area contributed by atoms with Crippen LogP contribution in [0.4, 0.5) is 5.13 Å². The minimum Gasteiger partial charge on any atom is -0.497 e. The molecule has 0 bridgehead atoms. The highest BCUT2D eigenvalue weighted by Gasteiger charge is 2.19. The number of halogens is 1. The van der Waals surface area contributed by atoms with E-state index in [4.69, 9.17) is 14.5 Å². The Kier molecular flexibility index (Phi) is 9.05. The van der Waals surface area contributed by atoms with Crippen molar-refractivity contribution in [3.63, 3.8) is 0 Å². The van der Waals surface area contributed by atoms with Crippen molar-refractivity contribution in [3.8, 4) is 5.75 Å². The second kappa shape index (κ2) is 12.0. The van der Waals surface area contributed by atoms with E-state index in [-0.39, 0.29) is 18.3 Å². The molecule has 8 heteroatoms. The molecule has 1 amide bonds. The van der Waals surface area contributed by atoms with E-state index in [2.05, 4.69) is 4.90 Å². The first-order valence-corrected chi connectivity index (χ1v) is 11.3. The lowest BCUT2D eigenvalue weighted by Crippen LogP contribution is -2.39. The zero-order chi connectivity index (χ0) is 21.5. The normalized spacial score (nSPS) is 14.4. The number of carbonyl (C=O) groups excluding carboxylic acids is 1. The number of fused-ring (bicyclic) bond motifs is 1. The number of benzene rings is 2. The van der Waals surface area contributed by atoms with E-state index in [1.54, 1.807) is 18.1 Å². The van der Waals surface area contributed by atoms with Crippen molar-refractivity contribution < 1.29 is 14.3 Å². The highest BCUT2D eigenvalue weighted by Crippen LogP contribution is 2.31. The Labute approximate surface area is 198 Å². The number of aromatic nitrogens is 1. The molecule has 0 aliphatic carbocycles. The summed E-state index contributed by atoms with van der Waals surface area (Å²) >= 11 is 1.52. The van der Waals surface area contributed by atoms with Gasteiger partial charge in [0.1, 0.15) is 5.75 Å². The number of rotatable bonds is 8. The third-order valence-electron chi connectivity index (χ3n) is 5.26. The standard InChI is InChI=1S/C24H27N3O3S.ClH/c1-29-20-9-10-21-22(18-20)31-24(25-21)27(13-5-12-26-14-16-30-17-15-26)23(28)11-8-19-6-3-2-4-7-19;/h2-4,6-11,18H,5,12-17H2,1H3;1H/b11-8+;. The molecule has 4 rings (SSSR count). The van der Waals surface area contributed by atoms with E-state index >= 15 is 0 Å². The molecule has 0 spiro atoms. The van der Waals surface area contributed by atoms with E-state index in [0.29, 0.717) is 11.7 Å². The first-order chi connectivity index (χ1) is 15.2. The monoisotopic (exact) mass is 473 g/mol.